The molecule has 28 heavy (non-hydrogen) atoms. The third-order valence-electron chi connectivity index (χ3n) is 4.63. The van der Waals surface area contributed by atoms with Crippen molar-refractivity contribution in [2.75, 3.05) is 6.26 Å². The first-order valence-corrected chi connectivity index (χ1v) is 12.2. The molecule has 150 valence electrons. The van der Waals surface area contributed by atoms with Crippen molar-refractivity contribution in [1.82, 2.24) is 10.9 Å². The molecule has 1 aromatic carbocycles. The van der Waals surface area contributed by atoms with Gasteiger partial charge in [-0.25, -0.2) is 8.42 Å². The minimum atomic E-state index is -3.19. The third kappa shape index (κ3) is 5.65. The highest BCUT2D eigenvalue weighted by Crippen LogP contribution is 2.28. The molecule has 6 nitrogen and oxygen atoms in total. The van der Waals surface area contributed by atoms with Crippen LogP contribution in [0.1, 0.15) is 61.7 Å². The fraction of sp³-hybridized carbons (Fsp3) is 0.400. The Kier molecular flexibility index (Phi) is 6.51. The van der Waals surface area contributed by atoms with E-state index in [1.54, 1.807) is 18.2 Å². The number of nitrogens with one attached hydrogen (secondary N) is 2. The van der Waals surface area contributed by atoms with Crippen LogP contribution < -0.4 is 10.9 Å². The number of hydrazine groups is 1. The summed E-state index contributed by atoms with van der Waals surface area (Å²) in [6.07, 6.45) is 7.90. The van der Waals surface area contributed by atoms with Gasteiger partial charge in [0.2, 0.25) is 0 Å². The quantitative estimate of drug-likeness (QED) is 0.744. The van der Waals surface area contributed by atoms with Crippen molar-refractivity contribution < 1.29 is 18.0 Å². The number of thiophene rings is 1. The minimum Gasteiger partial charge on any atom is -0.267 e. The number of benzene rings is 1. The number of aryl methyl sites for hydroxylation is 2. The van der Waals surface area contributed by atoms with Crippen LogP contribution in [0, 0.1) is 0 Å². The van der Waals surface area contributed by atoms with Gasteiger partial charge in [0.25, 0.3) is 11.8 Å². The summed E-state index contributed by atoms with van der Waals surface area (Å²) in [5.41, 5.74) is 6.93. The van der Waals surface area contributed by atoms with Gasteiger partial charge in [0.1, 0.15) is 0 Å². The molecule has 0 bridgehead atoms. The van der Waals surface area contributed by atoms with Crippen molar-refractivity contribution in [3.8, 4) is 0 Å². The van der Waals surface area contributed by atoms with Crippen molar-refractivity contribution in [3.63, 3.8) is 0 Å². The summed E-state index contributed by atoms with van der Waals surface area (Å²) in [7, 11) is -3.19. The molecule has 0 atom stereocenters. The van der Waals surface area contributed by atoms with Gasteiger partial charge in [0.15, 0.2) is 9.84 Å². The Hall–Kier alpha value is -2.19. The van der Waals surface area contributed by atoms with E-state index in [9.17, 15) is 18.0 Å². The number of sulfone groups is 1. The van der Waals surface area contributed by atoms with Crippen LogP contribution in [0.15, 0.2) is 30.3 Å². The summed E-state index contributed by atoms with van der Waals surface area (Å²) in [5, 5.41) is 0. The van der Waals surface area contributed by atoms with Gasteiger partial charge in [-0.2, -0.15) is 0 Å². The van der Waals surface area contributed by atoms with Crippen LogP contribution in [0.2, 0.25) is 0 Å². The molecule has 3 rings (SSSR count). The molecule has 0 saturated carbocycles. The van der Waals surface area contributed by atoms with Gasteiger partial charge in [-0.1, -0.05) is 25.0 Å². The summed E-state index contributed by atoms with van der Waals surface area (Å²) in [5.74, 6) is -0.961. The third-order valence-corrected chi connectivity index (χ3v) is 6.72. The fourth-order valence-corrected chi connectivity index (χ4v) is 5.24. The lowest BCUT2D eigenvalue weighted by Crippen LogP contribution is -2.41. The van der Waals surface area contributed by atoms with Crippen LogP contribution >= 0.6 is 11.3 Å². The lowest BCUT2D eigenvalue weighted by molar-refractivity contribution is 0.0849. The second-order valence-corrected chi connectivity index (χ2v) is 10.4. The average molecular weight is 421 g/mol. The highest BCUT2D eigenvalue weighted by Gasteiger charge is 2.17. The number of hydrogen-bond donors (Lipinski definition) is 2. The summed E-state index contributed by atoms with van der Waals surface area (Å²) >= 11 is 1.49. The van der Waals surface area contributed by atoms with E-state index in [2.05, 4.69) is 10.9 Å². The zero-order chi connectivity index (χ0) is 20.1. The van der Waals surface area contributed by atoms with Gasteiger partial charge in [-0.15, -0.1) is 11.3 Å². The molecule has 1 heterocycles. The molecule has 1 aromatic heterocycles. The van der Waals surface area contributed by atoms with Gasteiger partial charge in [-0.3, -0.25) is 20.4 Å². The Morgan fingerprint density at radius 1 is 1.00 bits per heavy atom. The van der Waals surface area contributed by atoms with Crippen molar-refractivity contribution in [1.29, 1.82) is 0 Å². The van der Waals surface area contributed by atoms with Gasteiger partial charge >= 0.3 is 0 Å². The molecule has 1 aliphatic rings. The predicted molar refractivity (Wildman–Crippen MR) is 110 cm³/mol. The maximum Gasteiger partial charge on any atom is 0.279 e. The number of carbonyl (C=O) groups excluding carboxylic acids is 2. The lowest BCUT2D eigenvalue weighted by Gasteiger charge is -2.07. The van der Waals surface area contributed by atoms with Crippen molar-refractivity contribution >= 4 is 33.0 Å². The molecule has 0 spiro atoms. The van der Waals surface area contributed by atoms with Crippen molar-refractivity contribution in [2.24, 2.45) is 0 Å². The normalized spacial score (nSPS) is 14.5. The topological polar surface area (TPSA) is 92.3 Å². The van der Waals surface area contributed by atoms with Crippen LogP contribution in [0.25, 0.3) is 0 Å². The second-order valence-electron chi connectivity index (χ2n) is 7.15. The summed E-state index contributed by atoms with van der Waals surface area (Å²) in [4.78, 5) is 26.6. The lowest BCUT2D eigenvalue weighted by atomic mass is 10.00. The Balaban J connectivity index is 1.62. The predicted octanol–water partition coefficient (Wildman–Crippen LogP) is 3.03. The van der Waals surface area contributed by atoms with E-state index >= 15 is 0 Å². The monoisotopic (exact) mass is 420 g/mol. The number of carbonyl (C=O) groups is 2. The highest BCUT2D eigenvalue weighted by atomic mass is 32.2. The SMILES string of the molecule is CS(=O)(=O)Cc1cccc(C(=O)NNC(=O)c2cc3c(s2)CCCCCC3)c1. The molecular formula is C20H24N2O4S2. The molecule has 2 aromatic rings. The summed E-state index contributed by atoms with van der Waals surface area (Å²) in [6.45, 7) is 0. The number of amides is 2. The molecule has 0 fully saturated rings. The largest absolute Gasteiger partial charge is 0.279 e. The number of hydrogen-bond acceptors (Lipinski definition) is 5. The first kappa shape index (κ1) is 20.5. The number of fused-ring (bicyclic) bond motifs is 1. The molecule has 1 aliphatic carbocycles. The van der Waals surface area contributed by atoms with Gasteiger partial charge in [-0.05, 0) is 55.0 Å². The van der Waals surface area contributed by atoms with E-state index in [-0.39, 0.29) is 11.7 Å². The Morgan fingerprint density at radius 3 is 2.46 bits per heavy atom. The van der Waals surface area contributed by atoms with Crippen LogP contribution in [-0.4, -0.2) is 26.5 Å². The average Bonchev–Trinajstić information content (AvgIpc) is 3.00. The second kappa shape index (κ2) is 8.87. The summed E-state index contributed by atoms with van der Waals surface area (Å²) in [6, 6.07) is 8.29. The van der Waals surface area contributed by atoms with Crippen LogP contribution in [0.3, 0.4) is 0 Å². The van der Waals surface area contributed by atoms with Gasteiger partial charge in [0, 0.05) is 16.7 Å². The summed E-state index contributed by atoms with van der Waals surface area (Å²) < 4.78 is 22.8. The molecule has 0 radical (unpaired) electrons. The van der Waals surface area contributed by atoms with Crippen LogP contribution in [0.4, 0.5) is 0 Å². The Labute approximate surface area is 169 Å². The first-order chi connectivity index (χ1) is 13.3. The Bertz CT molecular complexity index is 954. The van der Waals surface area contributed by atoms with Crippen LogP contribution in [-0.2, 0) is 28.4 Å². The molecule has 0 aliphatic heterocycles. The molecule has 2 amide bonds. The smallest absolute Gasteiger partial charge is 0.267 e. The van der Waals surface area contributed by atoms with Crippen molar-refractivity contribution in [2.45, 2.75) is 44.3 Å². The maximum absolute atomic E-state index is 12.4. The Morgan fingerprint density at radius 2 is 1.71 bits per heavy atom. The molecule has 0 unspecified atom stereocenters. The highest BCUT2D eigenvalue weighted by molar-refractivity contribution is 7.89. The van der Waals surface area contributed by atoms with E-state index in [1.165, 1.54) is 40.7 Å². The van der Waals surface area contributed by atoms with E-state index in [4.69, 9.17) is 0 Å². The van der Waals surface area contributed by atoms with E-state index < -0.39 is 15.7 Å². The first-order valence-electron chi connectivity index (χ1n) is 9.31. The van der Waals surface area contributed by atoms with E-state index in [0.29, 0.717) is 16.0 Å². The molecule has 8 heteroatoms. The standard InChI is InChI=1S/C20H24N2O4S2/c1-28(25,26)13-14-7-6-9-16(11-14)19(23)21-22-20(24)18-12-15-8-4-2-3-5-10-17(15)27-18/h6-7,9,11-12H,2-5,8,10,13H2,1H3,(H,21,23)(H,22,24). The zero-order valence-corrected chi connectivity index (χ0v) is 17.4. The van der Waals surface area contributed by atoms with Crippen molar-refractivity contribution in [3.05, 3.63) is 56.8 Å². The molecule has 2 N–H and O–H groups in total. The zero-order valence-electron chi connectivity index (χ0n) is 15.8. The van der Waals surface area contributed by atoms with E-state index in [0.717, 1.165) is 31.9 Å². The maximum atomic E-state index is 12.4. The van der Waals surface area contributed by atoms with E-state index in [1.807, 2.05) is 6.07 Å². The van der Waals surface area contributed by atoms with Gasteiger partial charge < -0.3 is 0 Å². The van der Waals surface area contributed by atoms with Gasteiger partial charge in [0.05, 0.1) is 10.6 Å². The fourth-order valence-electron chi connectivity index (χ4n) is 3.31. The molecular weight excluding hydrogens is 396 g/mol. The number of rotatable bonds is 4. The minimum absolute atomic E-state index is 0.138. The van der Waals surface area contributed by atoms with Crippen LogP contribution in [0.5, 0.6) is 0 Å². The molecule has 0 saturated heterocycles.